The molecule has 0 aliphatic rings. The van der Waals surface area contributed by atoms with Crippen LogP contribution in [0.2, 0.25) is 0 Å². The number of ether oxygens (including phenoxy) is 1. The summed E-state index contributed by atoms with van der Waals surface area (Å²) < 4.78 is 6.11. The van der Waals surface area contributed by atoms with Gasteiger partial charge in [-0.1, -0.05) is 32.6 Å². The number of rotatable bonds is 12. The summed E-state index contributed by atoms with van der Waals surface area (Å²) in [4.78, 5) is 32.3. The topological polar surface area (TPSA) is 101 Å². The quantitative estimate of drug-likeness (QED) is 0.200. The highest BCUT2D eigenvalue weighted by molar-refractivity contribution is 5.89. The summed E-state index contributed by atoms with van der Waals surface area (Å²) in [7, 11) is 0. The van der Waals surface area contributed by atoms with E-state index in [9.17, 15) is 14.4 Å². The van der Waals surface area contributed by atoms with Gasteiger partial charge in [-0.25, -0.2) is 14.4 Å². The number of quaternary nitrogens is 1. The van der Waals surface area contributed by atoms with E-state index in [0.717, 1.165) is 30.7 Å². The van der Waals surface area contributed by atoms with Gasteiger partial charge in [-0.3, -0.25) is 0 Å². The molecule has 0 aliphatic heterocycles. The molecule has 0 amide bonds. The lowest BCUT2D eigenvalue weighted by molar-refractivity contribution is -0.923. The van der Waals surface area contributed by atoms with Gasteiger partial charge in [-0.15, -0.1) is 12.4 Å². The molecule has 0 spiro atoms. The Morgan fingerprint density at radius 2 is 1.23 bits per heavy atom. The summed E-state index contributed by atoms with van der Waals surface area (Å²) >= 11 is 0. The van der Waals surface area contributed by atoms with Crippen molar-refractivity contribution in [1.82, 2.24) is 0 Å². The summed E-state index contributed by atoms with van der Waals surface area (Å²) in [5, 5.41) is 17.3. The number of halogens is 1. The number of esters is 1. The molecule has 0 rings (SSSR count). The lowest BCUT2D eigenvalue weighted by atomic mass is 10.1. The van der Waals surface area contributed by atoms with Crippen molar-refractivity contribution in [2.24, 2.45) is 0 Å². The van der Waals surface area contributed by atoms with Crippen LogP contribution in [0.25, 0.3) is 0 Å². The van der Waals surface area contributed by atoms with E-state index < -0.39 is 11.9 Å². The smallest absolute Gasteiger partial charge is 0.333 e. The number of hydrogen-bond donors (Lipinski definition) is 2. The predicted octanol–water partition coefficient (Wildman–Crippen LogP) is 4.23. The number of carbonyl (C=O) groups excluding carboxylic acids is 1. The van der Waals surface area contributed by atoms with Crippen molar-refractivity contribution in [2.75, 3.05) is 32.8 Å². The number of nitrogens with zero attached hydrogens (tertiary/aromatic N) is 1. The standard InChI is InChI=1S/C12H24NO2.C10H14O4.ClH/c1-6-13(7-2,8-3)9-10-15-12(14)11(4)5;1-3-7(9(11)12)5-6-8(4-2)10(13)14;/h4,6-10H2,1-3,5H3;5-6H,3-4H2,1-2H3,(H,11,12)(H,13,14);1H/q+1;;. The minimum Gasteiger partial charge on any atom is -0.478 e. The fourth-order valence-corrected chi connectivity index (χ4v) is 2.48. The van der Waals surface area contributed by atoms with Gasteiger partial charge >= 0.3 is 17.9 Å². The SMILES string of the molecule is C=C(C)C(=O)OCC[N+](CC)(CC)CC.CCC(=CC=C(CC)C(=O)O)C(=O)O.Cl. The minimum atomic E-state index is -1.01. The number of carboxylic acid groups (broad SMARTS) is 2. The van der Waals surface area contributed by atoms with Gasteiger partial charge in [-0.2, -0.15) is 0 Å². The first-order valence-electron chi connectivity index (χ1n) is 10.1. The lowest BCUT2D eigenvalue weighted by Crippen LogP contribution is -2.49. The molecule has 174 valence electrons. The van der Waals surface area contributed by atoms with Crippen LogP contribution < -0.4 is 0 Å². The summed E-state index contributed by atoms with van der Waals surface area (Å²) in [6.07, 6.45) is 3.44. The second kappa shape index (κ2) is 17.7. The van der Waals surface area contributed by atoms with Gasteiger partial charge in [0.15, 0.2) is 0 Å². The van der Waals surface area contributed by atoms with Crippen LogP contribution in [0.4, 0.5) is 0 Å². The first-order valence-corrected chi connectivity index (χ1v) is 10.1. The molecule has 2 N–H and O–H groups in total. The second-order valence-corrected chi connectivity index (χ2v) is 6.63. The minimum absolute atomic E-state index is 0. The molecule has 0 heterocycles. The summed E-state index contributed by atoms with van der Waals surface area (Å²) in [5.41, 5.74) is 0.881. The third-order valence-electron chi connectivity index (χ3n) is 4.96. The molecule has 0 radical (unpaired) electrons. The van der Waals surface area contributed by atoms with Gasteiger partial charge in [0.05, 0.1) is 19.6 Å². The van der Waals surface area contributed by atoms with Crippen LogP contribution in [0.3, 0.4) is 0 Å². The second-order valence-electron chi connectivity index (χ2n) is 6.63. The normalized spacial score (nSPS) is 11.5. The Bertz CT molecular complexity index is 583. The molecule has 30 heavy (non-hydrogen) atoms. The summed E-state index contributed by atoms with van der Waals surface area (Å²) in [5.74, 6) is -2.30. The summed E-state index contributed by atoms with van der Waals surface area (Å²) in [6, 6.07) is 0. The van der Waals surface area contributed by atoms with Crippen molar-refractivity contribution in [3.05, 3.63) is 35.5 Å². The van der Waals surface area contributed by atoms with Crippen molar-refractivity contribution in [3.8, 4) is 0 Å². The highest BCUT2D eigenvalue weighted by Gasteiger charge is 2.20. The van der Waals surface area contributed by atoms with Crippen LogP contribution in [0, 0.1) is 0 Å². The molecule has 0 bridgehead atoms. The van der Waals surface area contributed by atoms with Gasteiger partial charge < -0.3 is 19.4 Å². The van der Waals surface area contributed by atoms with Gasteiger partial charge in [0, 0.05) is 16.7 Å². The Kier molecular flexibility index (Phi) is 19.2. The monoisotopic (exact) mass is 448 g/mol. The first kappa shape index (κ1) is 32.5. The predicted molar refractivity (Wildman–Crippen MR) is 122 cm³/mol. The van der Waals surface area contributed by atoms with E-state index in [1.807, 2.05) is 0 Å². The Morgan fingerprint density at radius 1 is 0.867 bits per heavy atom. The number of likely N-dealkylation sites (N-methyl/N-ethyl adjacent to an activating group) is 1. The van der Waals surface area contributed by atoms with Gasteiger partial charge in [0.2, 0.25) is 0 Å². The number of hydrogen-bond acceptors (Lipinski definition) is 4. The number of carboxylic acids is 2. The molecule has 0 aromatic carbocycles. The van der Waals surface area contributed by atoms with Crippen molar-refractivity contribution < 1.29 is 33.8 Å². The molecular formula is C22H39ClNO6+. The zero-order valence-corrected chi connectivity index (χ0v) is 20.0. The molecular weight excluding hydrogens is 410 g/mol. The molecule has 0 aromatic heterocycles. The van der Waals surface area contributed by atoms with Crippen LogP contribution >= 0.6 is 12.4 Å². The van der Waals surface area contributed by atoms with E-state index >= 15 is 0 Å². The van der Waals surface area contributed by atoms with E-state index in [-0.39, 0.29) is 29.5 Å². The van der Waals surface area contributed by atoms with E-state index in [4.69, 9.17) is 14.9 Å². The highest BCUT2D eigenvalue weighted by atomic mass is 35.5. The van der Waals surface area contributed by atoms with Crippen LogP contribution in [0.1, 0.15) is 54.4 Å². The van der Waals surface area contributed by atoms with E-state index in [1.54, 1.807) is 20.8 Å². The van der Waals surface area contributed by atoms with Gasteiger partial charge in [0.25, 0.3) is 0 Å². The maximum atomic E-state index is 11.2. The maximum absolute atomic E-state index is 11.2. The molecule has 7 nitrogen and oxygen atoms in total. The Morgan fingerprint density at radius 3 is 1.47 bits per heavy atom. The van der Waals surface area contributed by atoms with Gasteiger partial charge in [0.1, 0.15) is 13.2 Å². The third-order valence-corrected chi connectivity index (χ3v) is 4.96. The molecule has 0 saturated heterocycles. The molecule has 0 fully saturated rings. The molecule has 0 aliphatic carbocycles. The number of allylic oxidation sites excluding steroid dienone is 2. The molecule has 0 unspecified atom stereocenters. The zero-order valence-electron chi connectivity index (χ0n) is 19.2. The van der Waals surface area contributed by atoms with E-state index in [0.29, 0.717) is 25.0 Å². The Hall–Kier alpha value is -2.12. The number of carbonyl (C=O) groups is 3. The average molecular weight is 449 g/mol. The van der Waals surface area contributed by atoms with Crippen LogP contribution in [0.5, 0.6) is 0 Å². The van der Waals surface area contributed by atoms with Crippen molar-refractivity contribution >= 4 is 30.3 Å². The summed E-state index contributed by atoms with van der Waals surface area (Å²) in [6.45, 7) is 19.8. The van der Waals surface area contributed by atoms with E-state index in [2.05, 4.69) is 27.4 Å². The number of aliphatic carboxylic acids is 2. The van der Waals surface area contributed by atoms with Gasteiger partial charge in [-0.05, 0) is 40.5 Å². The average Bonchev–Trinajstić information content (AvgIpc) is 2.68. The fourth-order valence-electron chi connectivity index (χ4n) is 2.48. The third kappa shape index (κ3) is 13.2. The Balaban J connectivity index is -0.000000471. The van der Waals surface area contributed by atoms with Crippen molar-refractivity contribution in [3.63, 3.8) is 0 Å². The van der Waals surface area contributed by atoms with Crippen LogP contribution in [-0.4, -0.2) is 65.4 Å². The Labute approximate surface area is 187 Å². The molecule has 8 heteroatoms. The van der Waals surface area contributed by atoms with Crippen LogP contribution in [0.15, 0.2) is 35.5 Å². The highest BCUT2D eigenvalue weighted by Crippen LogP contribution is 2.06. The molecule has 0 atom stereocenters. The first-order chi connectivity index (χ1) is 13.5. The van der Waals surface area contributed by atoms with Crippen molar-refractivity contribution in [1.29, 1.82) is 0 Å². The fraction of sp³-hybridized carbons (Fsp3) is 0.591. The lowest BCUT2D eigenvalue weighted by Gasteiger charge is -2.35. The van der Waals surface area contributed by atoms with Crippen LogP contribution in [-0.2, 0) is 19.1 Å². The van der Waals surface area contributed by atoms with E-state index in [1.165, 1.54) is 12.2 Å². The largest absolute Gasteiger partial charge is 0.478 e. The van der Waals surface area contributed by atoms with Crippen molar-refractivity contribution in [2.45, 2.75) is 54.4 Å². The maximum Gasteiger partial charge on any atom is 0.333 e. The zero-order chi connectivity index (χ0) is 23.0. The molecule has 0 aromatic rings. The molecule has 0 saturated carbocycles.